The van der Waals surface area contributed by atoms with Crippen molar-refractivity contribution in [2.75, 3.05) is 5.32 Å². The molecule has 0 unspecified atom stereocenters. The molecule has 0 saturated carbocycles. The molecule has 0 aliphatic carbocycles. The Hall–Kier alpha value is -1.96. The van der Waals surface area contributed by atoms with Crippen LogP contribution in [-0.4, -0.2) is 26.1 Å². The van der Waals surface area contributed by atoms with Crippen molar-refractivity contribution in [3.05, 3.63) is 50.6 Å². The fraction of sp³-hybridized carbons (Fsp3) is 0.143. The molecule has 3 rings (SSSR count). The minimum absolute atomic E-state index is 0.254. The van der Waals surface area contributed by atoms with Crippen molar-refractivity contribution in [1.29, 1.82) is 0 Å². The number of rotatable bonds is 3. The molecule has 0 aliphatic heterocycles. The first kappa shape index (κ1) is 15.9. The Morgan fingerprint density at radius 1 is 1.26 bits per heavy atom. The maximum absolute atomic E-state index is 12.7. The van der Waals surface area contributed by atoms with E-state index in [1.807, 2.05) is 13.8 Å². The van der Waals surface area contributed by atoms with Crippen LogP contribution in [0.1, 0.15) is 20.8 Å². The number of aryl methyl sites for hydroxylation is 1. The number of tetrazole rings is 1. The Labute approximate surface area is 146 Å². The number of carbonyl (C=O) groups excluding carboxylic acids is 1. The lowest BCUT2D eigenvalue weighted by Crippen LogP contribution is -2.15. The molecule has 0 spiro atoms. The van der Waals surface area contributed by atoms with E-state index in [0.717, 1.165) is 10.4 Å². The van der Waals surface area contributed by atoms with Crippen LogP contribution in [0.25, 0.3) is 5.00 Å². The first-order valence-electron chi connectivity index (χ1n) is 6.57. The van der Waals surface area contributed by atoms with Crippen LogP contribution in [0.3, 0.4) is 0 Å². The summed E-state index contributed by atoms with van der Waals surface area (Å²) in [7, 11) is 0. The van der Waals surface area contributed by atoms with Gasteiger partial charge in [-0.3, -0.25) is 4.79 Å². The second-order valence-corrected chi connectivity index (χ2v) is 6.82. The monoisotopic (exact) mass is 367 g/mol. The lowest BCUT2D eigenvalue weighted by molar-refractivity contribution is 0.102. The molecule has 0 bridgehead atoms. The summed E-state index contributed by atoms with van der Waals surface area (Å²) in [5, 5.41) is 15.4. The van der Waals surface area contributed by atoms with E-state index in [-0.39, 0.29) is 5.91 Å². The summed E-state index contributed by atoms with van der Waals surface area (Å²) in [5.74, 6) is -0.254. The zero-order valence-electron chi connectivity index (χ0n) is 12.2. The van der Waals surface area contributed by atoms with Gasteiger partial charge in [0.25, 0.3) is 5.91 Å². The molecule has 0 fully saturated rings. The molecular formula is C14H11Cl2N5OS. The predicted octanol–water partition coefficient (Wildman–Crippen LogP) is 3.90. The number of amides is 1. The van der Waals surface area contributed by atoms with E-state index in [4.69, 9.17) is 23.2 Å². The standard InChI is InChI=1S/C14H11Cl2N5OS/c1-7-8(2)23-14(21-6-17-19-20-21)12(7)13(22)18-9-3-4-10(15)11(16)5-9/h3-6H,1-2H3,(H,18,22). The summed E-state index contributed by atoms with van der Waals surface area (Å²) in [6.45, 7) is 3.84. The molecule has 1 aromatic carbocycles. The first-order chi connectivity index (χ1) is 11.0. The van der Waals surface area contributed by atoms with Crippen molar-refractivity contribution < 1.29 is 4.79 Å². The Bertz CT molecular complexity index is 876. The maximum atomic E-state index is 12.7. The molecule has 1 N–H and O–H groups in total. The molecular weight excluding hydrogens is 357 g/mol. The number of nitrogens with zero attached hydrogens (tertiary/aromatic N) is 4. The van der Waals surface area contributed by atoms with Gasteiger partial charge in [0.2, 0.25) is 0 Å². The molecule has 3 aromatic rings. The van der Waals surface area contributed by atoms with Gasteiger partial charge >= 0.3 is 0 Å². The summed E-state index contributed by atoms with van der Waals surface area (Å²) >= 11 is 13.3. The van der Waals surface area contributed by atoms with Gasteiger partial charge in [0.1, 0.15) is 11.3 Å². The van der Waals surface area contributed by atoms with Crippen molar-refractivity contribution in [2.24, 2.45) is 0 Å². The van der Waals surface area contributed by atoms with Crippen LogP contribution in [0.2, 0.25) is 10.0 Å². The average molecular weight is 368 g/mol. The Balaban J connectivity index is 1.97. The Kier molecular flexibility index (Phi) is 4.34. The van der Waals surface area contributed by atoms with Gasteiger partial charge in [0.15, 0.2) is 0 Å². The summed E-state index contributed by atoms with van der Waals surface area (Å²) < 4.78 is 1.48. The highest BCUT2D eigenvalue weighted by molar-refractivity contribution is 7.15. The number of hydrogen-bond donors (Lipinski definition) is 1. The van der Waals surface area contributed by atoms with E-state index in [9.17, 15) is 4.79 Å². The number of thiophene rings is 1. The topological polar surface area (TPSA) is 72.7 Å². The van der Waals surface area contributed by atoms with Crippen molar-refractivity contribution in [3.63, 3.8) is 0 Å². The van der Waals surface area contributed by atoms with Gasteiger partial charge in [-0.05, 0) is 48.0 Å². The predicted molar refractivity (Wildman–Crippen MR) is 90.9 cm³/mol. The Morgan fingerprint density at radius 3 is 2.70 bits per heavy atom. The zero-order chi connectivity index (χ0) is 16.6. The number of halogens is 2. The smallest absolute Gasteiger partial charge is 0.259 e. The minimum atomic E-state index is -0.254. The number of carbonyl (C=O) groups is 1. The summed E-state index contributed by atoms with van der Waals surface area (Å²) in [4.78, 5) is 13.7. The van der Waals surface area contributed by atoms with E-state index in [2.05, 4.69) is 20.8 Å². The van der Waals surface area contributed by atoms with Gasteiger partial charge < -0.3 is 5.32 Å². The molecule has 2 heterocycles. The molecule has 2 aromatic heterocycles. The number of nitrogens with one attached hydrogen (secondary N) is 1. The molecule has 6 nitrogen and oxygen atoms in total. The summed E-state index contributed by atoms with van der Waals surface area (Å²) in [5.41, 5.74) is 1.99. The lowest BCUT2D eigenvalue weighted by Gasteiger charge is -2.08. The van der Waals surface area contributed by atoms with E-state index in [1.54, 1.807) is 18.2 Å². The van der Waals surface area contributed by atoms with Gasteiger partial charge in [0, 0.05) is 10.6 Å². The molecule has 0 radical (unpaired) electrons. The van der Waals surface area contributed by atoms with Crippen LogP contribution in [0.15, 0.2) is 24.5 Å². The molecule has 0 saturated heterocycles. The number of aromatic nitrogens is 4. The minimum Gasteiger partial charge on any atom is -0.322 e. The van der Waals surface area contributed by atoms with Crippen molar-refractivity contribution >= 4 is 46.1 Å². The molecule has 9 heteroatoms. The van der Waals surface area contributed by atoms with Gasteiger partial charge in [-0.25, -0.2) is 0 Å². The normalized spacial score (nSPS) is 10.8. The van der Waals surface area contributed by atoms with E-state index >= 15 is 0 Å². The second-order valence-electron chi connectivity index (χ2n) is 4.80. The Morgan fingerprint density at radius 2 is 2.04 bits per heavy atom. The highest BCUT2D eigenvalue weighted by atomic mass is 35.5. The van der Waals surface area contributed by atoms with E-state index in [1.165, 1.54) is 22.3 Å². The molecule has 0 aliphatic rings. The molecule has 23 heavy (non-hydrogen) atoms. The van der Waals surface area contributed by atoms with Crippen LogP contribution >= 0.6 is 34.5 Å². The van der Waals surface area contributed by atoms with Crippen LogP contribution in [-0.2, 0) is 0 Å². The van der Waals surface area contributed by atoms with Crippen LogP contribution in [0.5, 0.6) is 0 Å². The summed E-state index contributed by atoms with van der Waals surface area (Å²) in [6.07, 6.45) is 1.46. The highest BCUT2D eigenvalue weighted by Gasteiger charge is 2.21. The summed E-state index contributed by atoms with van der Waals surface area (Å²) in [6, 6.07) is 4.93. The highest BCUT2D eigenvalue weighted by Crippen LogP contribution is 2.31. The fourth-order valence-electron chi connectivity index (χ4n) is 2.06. The lowest BCUT2D eigenvalue weighted by atomic mass is 10.1. The number of hydrogen-bond acceptors (Lipinski definition) is 5. The number of anilines is 1. The molecule has 118 valence electrons. The molecule has 1 amide bonds. The SMILES string of the molecule is Cc1sc(-n2cnnn2)c(C(=O)Nc2ccc(Cl)c(Cl)c2)c1C. The van der Waals surface area contributed by atoms with E-state index in [0.29, 0.717) is 26.3 Å². The largest absolute Gasteiger partial charge is 0.322 e. The van der Waals surface area contributed by atoms with Crippen molar-refractivity contribution in [3.8, 4) is 5.00 Å². The fourth-order valence-corrected chi connectivity index (χ4v) is 3.43. The third-order valence-electron chi connectivity index (χ3n) is 3.33. The van der Waals surface area contributed by atoms with Crippen LogP contribution in [0, 0.1) is 13.8 Å². The molecule has 0 atom stereocenters. The van der Waals surface area contributed by atoms with Crippen LogP contribution < -0.4 is 5.32 Å². The first-order valence-corrected chi connectivity index (χ1v) is 8.14. The van der Waals surface area contributed by atoms with Crippen molar-refractivity contribution in [1.82, 2.24) is 20.2 Å². The van der Waals surface area contributed by atoms with Gasteiger partial charge in [-0.15, -0.1) is 16.4 Å². The third kappa shape index (κ3) is 3.08. The van der Waals surface area contributed by atoms with Crippen LogP contribution in [0.4, 0.5) is 5.69 Å². The van der Waals surface area contributed by atoms with Crippen molar-refractivity contribution in [2.45, 2.75) is 13.8 Å². The van der Waals surface area contributed by atoms with Gasteiger partial charge in [-0.1, -0.05) is 23.2 Å². The third-order valence-corrected chi connectivity index (χ3v) is 5.26. The number of benzene rings is 1. The second kappa shape index (κ2) is 6.27. The van der Waals surface area contributed by atoms with E-state index < -0.39 is 0 Å². The van der Waals surface area contributed by atoms with Gasteiger partial charge in [-0.2, -0.15) is 4.68 Å². The maximum Gasteiger partial charge on any atom is 0.259 e. The van der Waals surface area contributed by atoms with Gasteiger partial charge in [0.05, 0.1) is 15.6 Å². The zero-order valence-corrected chi connectivity index (χ0v) is 14.5. The quantitative estimate of drug-likeness (QED) is 0.761. The average Bonchev–Trinajstić information content (AvgIpc) is 3.12.